The van der Waals surface area contributed by atoms with Gasteiger partial charge in [0.15, 0.2) is 0 Å². The van der Waals surface area contributed by atoms with Crippen molar-refractivity contribution in [2.75, 3.05) is 6.61 Å². The summed E-state index contributed by atoms with van der Waals surface area (Å²) in [4.78, 5) is 8.00. The van der Waals surface area contributed by atoms with Gasteiger partial charge in [0.25, 0.3) is 0 Å². The zero-order valence-corrected chi connectivity index (χ0v) is 23.0. The number of aryl methyl sites for hydroxylation is 2. The lowest BCUT2D eigenvalue weighted by atomic mass is 9.75. The van der Waals surface area contributed by atoms with Crippen LogP contribution < -0.4 is 0 Å². The second-order valence-corrected chi connectivity index (χ2v) is 11.7. The van der Waals surface area contributed by atoms with E-state index in [1.807, 2.05) is 6.79 Å². The van der Waals surface area contributed by atoms with Gasteiger partial charge in [-0.3, -0.25) is 0 Å². The van der Waals surface area contributed by atoms with Gasteiger partial charge in [-0.25, -0.2) is 0 Å². The summed E-state index contributed by atoms with van der Waals surface area (Å²) in [5.74, 6) is 3.49. The number of hydrogen-bond acceptors (Lipinski definition) is 2. The minimum atomic E-state index is 0.347. The average molecular weight is 483 g/mol. The molecule has 3 rings (SSSR count). The Balaban J connectivity index is 0.00000210. The third-order valence-corrected chi connectivity index (χ3v) is 8.78. The number of aliphatic hydroxyl groups is 1. The molecule has 0 bridgehead atoms. The maximum Gasteiger partial charge on any atom is 0.106 e. The van der Waals surface area contributed by atoms with Crippen molar-refractivity contribution in [3.05, 3.63) is 47.0 Å². The van der Waals surface area contributed by atoms with Gasteiger partial charge in [0.05, 0.1) is 0 Å². The van der Waals surface area contributed by atoms with Gasteiger partial charge in [0.1, 0.15) is 6.79 Å². The Morgan fingerprint density at radius 1 is 0.971 bits per heavy atom. The largest absolute Gasteiger partial charge is 0.396 e. The van der Waals surface area contributed by atoms with Gasteiger partial charge in [-0.05, 0) is 105 Å². The molecule has 0 aliphatic heterocycles. The van der Waals surface area contributed by atoms with Crippen LogP contribution in [-0.2, 0) is 24.1 Å². The summed E-state index contributed by atoms with van der Waals surface area (Å²) in [6, 6.07) is 7.42. The minimum Gasteiger partial charge on any atom is -0.396 e. The molecule has 2 atom stereocenters. The number of rotatable bonds is 14. The van der Waals surface area contributed by atoms with Crippen LogP contribution in [0.5, 0.6) is 0 Å². The van der Waals surface area contributed by atoms with E-state index < -0.39 is 0 Å². The van der Waals surface area contributed by atoms with E-state index in [1.165, 1.54) is 102 Å². The van der Waals surface area contributed by atoms with Gasteiger partial charge in [0, 0.05) is 6.61 Å². The van der Waals surface area contributed by atoms with E-state index >= 15 is 0 Å². The number of unbranched alkanes of at least 4 members (excludes halogenated alkanes) is 1. The third-order valence-electron chi connectivity index (χ3n) is 8.78. The Bertz CT molecular complexity index is 716. The van der Waals surface area contributed by atoms with Crippen molar-refractivity contribution in [1.82, 2.24) is 0 Å². The highest BCUT2D eigenvalue weighted by Crippen LogP contribution is 2.37. The van der Waals surface area contributed by atoms with E-state index in [-0.39, 0.29) is 0 Å². The van der Waals surface area contributed by atoms with Crippen molar-refractivity contribution in [1.29, 1.82) is 0 Å². The quantitative estimate of drug-likeness (QED) is 0.213. The van der Waals surface area contributed by atoms with Gasteiger partial charge < -0.3 is 9.90 Å². The van der Waals surface area contributed by atoms with Crippen molar-refractivity contribution in [2.24, 2.45) is 23.7 Å². The number of hydrogen-bond donors (Lipinski definition) is 1. The highest BCUT2D eigenvalue weighted by molar-refractivity contribution is 5.34. The molecule has 2 aliphatic rings. The summed E-state index contributed by atoms with van der Waals surface area (Å²) in [6.07, 6.45) is 22.6. The lowest BCUT2D eigenvalue weighted by molar-refractivity contribution is -0.0980. The fourth-order valence-corrected chi connectivity index (χ4v) is 6.70. The number of allylic oxidation sites excluding steroid dienone is 1. The molecule has 1 aromatic rings. The topological polar surface area (TPSA) is 37.3 Å². The second-order valence-electron chi connectivity index (χ2n) is 11.7. The van der Waals surface area contributed by atoms with Crippen molar-refractivity contribution >= 4 is 6.79 Å². The first-order valence-corrected chi connectivity index (χ1v) is 14.7. The lowest BCUT2D eigenvalue weighted by Gasteiger charge is -2.31. The van der Waals surface area contributed by atoms with Crippen molar-refractivity contribution in [2.45, 2.75) is 123 Å². The van der Waals surface area contributed by atoms with Gasteiger partial charge in [-0.2, -0.15) is 0 Å². The maximum atomic E-state index is 9.44. The maximum absolute atomic E-state index is 9.44. The van der Waals surface area contributed by atoms with E-state index in [9.17, 15) is 5.11 Å². The number of benzene rings is 1. The van der Waals surface area contributed by atoms with Gasteiger partial charge in [-0.15, -0.1) is 6.58 Å². The molecule has 1 saturated carbocycles. The molecule has 2 aliphatic carbocycles. The monoisotopic (exact) mass is 482 g/mol. The van der Waals surface area contributed by atoms with Crippen LogP contribution in [0.25, 0.3) is 0 Å². The van der Waals surface area contributed by atoms with Crippen molar-refractivity contribution in [3.8, 4) is 0 Å². The van der Waals surface area contributed by atoms with E-state index in [2.05, 4.69) is 38.6 Å². The molecule has 0 spiro atoms. The molecular formula is C33H54O2. The van der Waals surface area contributed by atoms with E-state index in [4.69, 9.17) is 4.79 Å². The first-order chi connectivity index (χ1) is 17.1. The van der Waals surface area contributed by atoms with Crippen LogP contribution in [-0.4, -0.2) is 18.5 Å². The molecular weight excluding hydrogens is 428 g/mol. The van der Waals surface area contributed by atoms with Crippen LogP contribution in [0, 0.1) is 23.7 Å². The lowest BCUT2D eigenvalue weighted by Crippen LogP contribution is -2.18. The molecule has 2 heteroatoms. The van der Waals surface area contributed by atoms with Gasteiger partial charge in [-0.1, -0.05) is 82.1 Å². The average Bonchev–Trinajstić information content (AvgIpc) is 2.87. The molecule has 2 unspecified atom stereocenters. The zero-order chi connectivity index (χ0) is 25.5. The fraction of sp³-hybridized carbons (Fsp3) is 0.727. The Morgan fingerprint density at radius 2 is 1.71 bits per heavy atom. The Morgan fingerprint density at radius 3 is 2.40 bits per heavy atom. The molecule has 1 fully saturated rings. The molecule has 0 aromatic heterocycles. The standard InChI is InChI=1S/C32H52O.CH2O/c1-4-7-27-16-18-32-24-28(17-19-31(32)23-27)9-6-5-8-26-12-14-29(15-13-26)22-30(20-21-33)11-10-25(2)3;1-2/h17,19,24,26-27,29-30,33H,2,4-16,18,20-23H2,1,3H3;1H2. The van der Waals surface area contributed by atoms with Crippen LogP contribution >= 0.6 is 0 Å². The van der Waals surface area contributed by atoms with Crippen molar-refractivity contribution in [3.63, 3.8) is 0 Å². The van der Waals surface area contributed by atoms with Crippen LogP contribution in [0.4, 0.5) is 0 Å². The molecule has 0 heterocycles. The normalized spacial score (nSPS) is 22.5. The predicted octanol–water partition coefficient (Wildman–Crippen LogP) is 8.67. The summed E-state index contributed by atoms with van der Waals surface area (Å²) < 4.78 is 0. The first-order valence-electron chi connectivity index (χ1n) is 14.7. The highest BCUT2D eigenvalue weighted by Gasteiger charge is 2.23. The molecule has 35 heavy (non-hydrogen) atoms. The molecule has 198 valence electrons. The smallest absolute Gasteiger partial charge is 0.106 e. The number of carbonyl (C=O) groups excluding carboxylic acids is 1. The Labute approximate surface area is 217 Å². The highest BCUT2D eigenvalue weighted by atomic mass is 16.3. The summed E-state index contributed by atoms with van der Waals surface area (Å²) >= 11 is 0. The number of carbonyl (C=O) groups is 1. The van der Waals surface area contributed by atoms with Gasteiger partial charge in [0.2, 0.25) is 0 Å². The molecule has 1 aromatic carbocycles. The minimum absolute atomic E-state index is 0.347. The second kappa shape index (κ2) is 17.1. The summed E-state index contributed by atoms with van der Waals surface area (Å²) in [7, 11) is 0. The molecule has 0 radical (unpaired) electrons. The van der Waals surface area contributed by atoms with E-state index in [1.54, 1.807) is 16.7 Å². The predicted molar refractivity (Wildman–Crippen MR) is 151 cm³/mol. The molecule has 0 amide bonds. The first kappa shape index (κ1) is 29.8. The molecule has 1 N–H and O–H groups in total. The van der Waals surface area contributed by atoms with Crippen LogP contribution in [0.2, 0.25) is 0 Å². The number of aliphatic hydroxyl groups excluding tert-OH is 1. The molecule has 2 nitrogen and oxygen atoms in total. The third kappa shape index (κ3) is 11.0. The van der Waals surface area contributed by atoms with Crippen LogP contribution in [0.15, 0.2) is 30.4 Å². The van der Waals surface area contributed by atoms with Gasteiger partial charge >= 0.3 is 0 Å². The molecule has 0 saturated heterocycles. The Hall–Kier alpha value is -1.41. The van der Waals surface area contributed by atoms with Crippen molar-refractivity contribution < 1.29 is 9.90 Å². The Kier molecular flexibility index (Phi) is 14.6. The summed E-state index contributed by atoms with van der Waals surface area (Å²) in [5.41, 5.74) is 6.16. The van der Waals surface area contributed by atoms with E-state index in [0.29, 0.717) is 12.5 Å². The SMILES string of the molecule is C=C(C)CCC(CCO)CC1CCC(CCCCc2ccc3c(c2)CCC(CCC)C3)CC1.C=O. The summed E-state index contributed by atoms with van der Waals surface area (Å²) in [6.45, 7) is 10.9. The fourth-order valence-electron chi connectivity index (χ4n) is 6.70. The number of fused-ring (bicyclic) bond motifs is 1. The van der Waals surface area contributed by atoms with E-state index in [0.717, 1.165) is 30.6 Å². The van der Waals surface area contributed by atoms with Crippen LogP contribution in [0.3, 0.4) is 0 Å². The zero-order valence-electron chi connectivity index (χ0n) is 23.0. The van der Waals surface area contributed by atoms with Crippen LogP contribution in [0.1, 0.15) is 120 Å². The summed E-state index contributed by atoms with van der Waals surface area (Å²) in [5, 5.41) is 9.44.